The van der Waals surface area contributed by atoms with E-state index < -0.39 is 5.97 Å². The van der Waals surface area contributed by atoms with Crippen molar-refractivity contribution in [2.24, 2.45) is 0 Å². The Hall–Kier alpha value is -1.32. The van der Waals surface area contributed by atoms with E-state index in [0.29, 0.717) is 6.42 Å². The minimum Gasteiger partial charge on any atom is -0.481 e. The van der Waals surface area contributed by atoms with Crippen LogP contribution in [0.4, 0.5) is 0 Å². The van der Waals surface area contributed by atoms with Crippen LogP contribution in [0.15, 0.2) is 12.2 Å². The Bertz CT molecular complexity index is 208. The summed E-state index contributed by atoms with van der Waals surface area (Å²) in [5.74, 6) is -1.11. The monoisotopic (exact) mass is 200 g/mol. The summed E-state index contributed by atoms with van der Waals surface area (Å²) >= 11 is 0. The van der Waals surface area contributed by atoms with Crippen LogP contribution < -0.4 is 0 Å². The second-order valence-electron chi connectivity index (χ2n) is 2.92. The molecule has 4 nitrogen and oxygen atoms in total. The van der Waals surface area contributed by atoms with E-state index in [2.05, 4.69) is 4.74 Å². The standard InChI is InChI=1S/C10H16O4/c1-14-10(13)8-6-4-2-3-5-7-9(11)12/h6,8H,2-5,7H2,1H3,(H,11,12). The van der Waals surface area contributed by atoms with Gasteiger partial charge in [-0.2, -0.15) is 0 Å². The SMILES string of the molecule is COC(=O)C=CCCCCCC(=O)O. The molecule has 0 amide bonds. The summed E-state index contributed by atoms with van der Waals surface area (Å²) in [6, 6.07) is 0. The topological polar surface area (TPSA) is 63.6 Å². The number of rotatable bonds is 7. The largest absolute Gasteiger partial charge is 0.481 e. The summed E-state index contributed by atoms with van der Waals surface area (Å²) in [7, 11) is 1.33. The fourth-order valence-corrected chi connectivity index (χ4v) is 0.963. The van der Waals surface area contributed by atoms with Crippen molar-refractivity contribution in [3.8, 4) is 0 Å². The lowest BCUT2D eigenvalue weighted by atomic mass is 10.1. The number of carboxylic acid groups (broad SMARTS) is 1. The van der Waals surface area contributed by atoms with Crippen molar-refractivity contribution in [3.63, 3.8) is 0 Å². The molecule has 0 aromatic heterocycles. The maximum Gasteiger partial charge on any atom is 0.330 e. The first-order valence-corrected chi connectivity index (χ1v) is 4.63. The van der Waals surface area contributed by atoms with Gasteiger partial charge in [0.1, 0.15) is 0 Å². The number of carboxylic acids is 1. The van der Waals surface area contributed by atoms with Crippen molar-refractivity contribution < 1.29 is 19.4 Å². The number of carbonyl (C=O) groups is 2. The van der Waals surface area contributed by atoms with Crippen LogP contribution in [0.1, 0.15) is 32.1 Å². The molecule has 0 heterocycles. The maximum atomic E-state index is 10.6. The molecular formula is C10H16O4. The van der Waals surface area contributed by atoms with E-state index >= 15 is 0 Å². The Morgan fingerprint density at radius 1 is 1.29 bits per heavy atom. The van der Waals surface area contributed by atoms with Crippen LogP contribution in [-0.2, 0) is 14.3 Å². The fourth-order valence-electron chi connectivity index (χ4n) is 0.963. The Morgan fingerprint density at radius 3 is 2.57 bits per heavy atom. The first kappa shape index (κ1) is 12.7. The Kier molecular flexibility index (Phi) is 7.50. The van der Waals surface area contributed by atoms with Crippen LogP contribution in [0.25, 0.3) is 0 Å². The van der Waals surface area contributed by atoms with Gasteiger partial charge in [-0.05, 0) is 19.3 Å². The lowest BCUT2D eigenvalue weighted by Crippen LogP contribution is -1.94. The molecule has 80 valence electrons. The van der Waals surface area contributed by atoms with Gasteiger partial charge in [-0.15, -0.1) is 0 Å². The number of methoxy groups -OCH3 is 1. The zero-order chi connectivity index (χ0) is 10.8. The highest BCUT2D eigenvalue weighted by Crippen LogP contribution is 2.03. The van der Waals surface area contributed by atoms with Gasteiger partial charge in [0.25, 0.3) is 0 Å². The van der Waals surface area contributed by atoms with Crippen LogP contribution in [0.3, 0.4) is 0 Å². The van der Waals surface area contributed by atoms with Gasteiger partial charge in [0.2, 0.25) is 0 Å². The van der Waals surface area contributed by atoms with Gasteiger partial charge in [0, 0.05) is 12.5 Å². The van der Waals surface area contributed by atoms with Crippen molar-refractivity contribution in [2.75, 3.05) is 7.11 Å². The number of carbonyl (C=O) groups excluding carboxylic acids is 1. The molecule has 0 aromatic rings. The predicted molar refractivity (Wildman–Crippen MR) is 51.9 cm³/mol. The van der Waals surface area contributed by atoms with Crippen molar-refractivity contribution in [1.29, 1.82) is 0 Å². The Balaban J connectivity index is 3.25. The highest BCUT2D eigenvalue weighted by molar-refractivity contribution is 5.81. The van der Waals surface area contributed by atoms with Gasteiger partial charge in [-0.25, -0.2) is 4.79 Å². The van der Waals surface area contributed by atoms with E-state index in [1.54, 1.807) is 6.08 Å². The first-order chi connectivity index (χ1) is 6.66. The van der Waals surface area contributed by atoms with Crippen molar-refractivity contribution in [2.45, 2.75) is 32.1 Å². The highest BCUT2D eigenvalue weighted by Gasteiger charge is 1.95. The zero-order valence-corrected chi connectivity index (χ0v) is 8.36. The molecule has 0 unspecified atom stereocenters. The Morgan fingerprint density at radius 2 is 2.00 bits per heavy atom. The smallest absolute Gasteiger partial charge is 0.330 e. The van der Waals surface area contributed by atoms with E-state index in [1.807, 2.05) is 0 Å². The zero-order valence-electron chi connectivity index (χ0n) is 8.36. The molecule has 0 aliphatic carbocycles. The number of hydrogen-bond donors (Lipinski definition) is 1. The third-order valence-corrected chi connectivity index (χ3v) is 1.72. The molecule has 0 saturated carbocycles. The molecule has 4 heteroatoms. The summed E-state index contributed by atoms with van der Waals surface area (Å²) in [6.45, 7) is 0. The molecule has 0 aliphatic rings. The molecule has 0 fully saturated rings. The van der Waals surface area contributed by atoms with E-state index in [0.717, 1.165) is 19.3 Å². The number of esters is 1. The van der Waals surface area contributed by atoms with Crippen LogP contribution >= 0.6 is 0 Å². The molecule has 0 atom stereocenters. The van der Waals surface area contributed by atoms with E-state index in [-0.39, 0.29) is 12.4 Å². The number of ether oxygens (including phenoxy) is 1. The van der Waals surface area contributed by atoms with Gasteiger partial charge < -0.3 is 9.84 Å². The number of aliphatic carboxylic acids is 1. The fraction of sp³-hybridized carbons (Fsp3) is 0.600. The molecule has 14 heavy (non-hydrogen) atoms. The Labute approximate surface area is 83.6 Å². The summed E-state index contributed by atoms with van der Waals surface area (Å²) < 4.78 is 4.41. The van der Waals surface area contributed by atoms with Crippen LogP contribution in [0, 0.1) is 0 Å². The molecule has 0 radical (unpaired) electrons. The van der Waals surface area contributed by atoms with E-state index in [9.17, 15) is 9.59 Å². The third kappa shape index (κ3) is 8.77. The average molecular weight is 200 g/mol. The molecule has 0 spiro atoms. The lowest BCUT2D eigenvalue weighted by molar-refractivity contribution is -0.137. The summed E-state index contributed by atoms with van der Waals surface area (Å²) in [6.07, 6.45) is 6.61. The highest BCUT2D eigenvalue weighted by atomic mass is 16.5. The molecule has 0 aliphatic heterocycles. The van der Waals surface area contributed by atoms with E-state index in [1.165, 1.54) is 13.2 Å². The molecule has 0 rings (SSSR count). The van der Waals surface area contributed by atoms with E-state index in [4.69, 9.17) is 5.11 Å². The van der Waals surface area contributed by atoms with Gasteiger partial charge in [-0.3, -0.25) is 4.79 Å². The first-order valence-electron chi connectivity index (χ1n) is 4.63. The van der Waals surface area contributed by atoms with Crippen molar-refractivity contribution in [3.05, 3.63) is 12.2 Å². The van der Waals surface area contributed by atoms with Crippen molar-refractivity contribution in [1.82, 2.24) is 0 Å². The number of hydrogen-bond acceptors (Lipinski definition) is 3. The minimum absolute atomic E-state index is 0.223. The minimum atomic E-state index is -0.755. The van der Waals surface area contributed by atoms with Gasteiger partial charge in [0.15, 0.2) is 0 Å². The second-order valence-corrected chi connectivity index (χ2v) is 2.92. The lowest BCUT2D eigenvalue weighted by Gasteiger charge is -1.95. The van der Waals surface area contributed by atoms with Gasteiger partial charge in [-0.1, -0.05) is 12.5 Å². The van der Waals surface area contributed by atoms with Gasteiger partial charge >= 0.3 is 11.9 Å². The second kappa shape index (κ2) is 8.29. The van der Waals surface area contributed by atoms with Crippen LogP contribution in [-0.4, -0.2) is 24.2 Å². The molecule has 1 N–H and O–H groups in total. The predicted octanol–water partition coefficient (Wildman–Crippen LogP) is 1.75. The number of unbranched alkanes of at least 4 members (excludes halogenated alkanes) is 3. The molecular weight excluding hydrogens is 184 g/mol. The van der Waals surface area contributed by atoms with Gasteiger partial charge in [0.05, 0.1) is 7.11 Å². The molecule has 0 bridgehead atoms. The van der Waals surface area contributed by atoms with Crippen LogP contribution in [0.5, 0.6) is 0 Å². The normalized spacial score (nSPS) is 10.4. The summed E-state index contributed by atoms with van der Waals surface area (Å²) in [5, 5.41) is 8.35. The summed E-state index contributed by atoms with van der Waals surface area (Å²) in [5.41, 5.74) is 0. The van der Waals surface area contributed by atoms with Crippen molar-refractivity contribution >= 4 is 11.9 Å². The average Bonchev–Trinajstić information content (AvgIpc) is 2.15. The van der Waals surface area contributed by atoms with Crippen LogP contribution in [0.2, 0.25) is 0 Å². The maximum absolute atomic E-state index is 10.6. The quantitative estimate of drug-likeness (QED) is 0.386. The summed E-state index contributed by atoms with van der Waals surface area (Å²) in [4.78, 5) is 20.7. The molecule has 0 aromatic carbocycles. The number of allylic oxidation sites excluding steroid dienone is 1. The molecule has 0 saturated heterocycles. The third-order valence-electron chi connectivity index (χ3n) is 1.72.